The van der Waals surface area contributed by atoms with Gasteiger partial charge in [-0.1, -0.05) is 0 Å². The van der Waals surface area contributed by atoms with Crippen molar-refractivity contribution in [2.24, 2.45) is 5.41 Å². The van der Waals surface area contributed by atoms with Crippen molar-refractivity contribution in [1.82, 2.24) is 24.8 Å². The fourth-order valence-electron chi connectivity index (χ4n) is 5.03. The van der Waals surface area contributed by atoms with Crippen LogP contribution in [0.3, 0.4) is 0 Å². The minimum absolute atomic E-state index is 0.550. The SMILES string of the molecule is CCn1ccnc1CN(Cc1nc2c(s1)CCC2)C1CC12CCNCC2. The number of nitrogens with one attached hydrogen (secondary N) is 1. The van der Waals surface area contributed by atoms with Gasteiger partial charge >= 0.3 is 0 Å². The van der Waals surface area contributed by atoms with Gasteiger partial charge in [-0.25, -0.2) is 9.97 Å². The molecule has 1 aliphatic heterocycles. The van der Waals surface area contributed by atoms with Crippen LogP contribution in [0.5, 0.6) is 0 Å². The van der Waals surface area contributed by atoms with Crippen molar-refractivity contribution in [3.63, 3.8) is 0 Å². The Hall–Kier alpha value is -1.24. The van der Waals surface area contributed by atoms with Gasteiger partial charge in [-0.3, -0.25) is 4.90 Å². The number of rotatable bonds is 6. The van der Waals surface area contributed by atoms with Gasteiger partial charge in [0.2, 0.25) is 0 Å². The lowest BCUT2D eigenvalue weighted by Crippen LogP contribution is -2.36. The van der Waals surface area contributed by atoms with E-state index in [2.05, 4.69) is 32.9 Å². The number of fused-ring (bicyclic) bond motifs is 1. The van der Waals surface area contributed by atoms with Crippen LogP contribution >= 0.6 is 11.3 Å². The first-order valence-electron chi connectivity index (χ1n) is 10.2. The van der Waals surface area contributed by atoms with E-state index in [9.17, 15) is 0 Å². The summed E-state index contributed by atoms with van der Waals surface area (Å²) in [5.41, 5.74) is 1.93. The normalized spacial score (nSPS) is 23.7. The molecular weight excluding hydrogens is 342 g/mol. The van der Waals surface area contributed by atoms with Crippen molar-refractivity contribution in [2.75, 3.05) is 13.1 Å². The van der Waals surface area contributed by atoms with E-state index in [1.165, 1.54) is 68.1 Å². The molecule has 1 saturated heterocycles. The maximum Gasteiger partial charge on any atom is 0.122 e. The zero-order chi connectivity index (χ0) is 17.6. The van der Waals surface area contributed by atoms with Crippen LogP contribution in [0.1, 0.15) is 54.0 Å². The summed E-state index contributed by atoms with van der Waals surface area (Å²) in [6.45, 7) is 7.50. The van der Waals surface area contributed by atoms with Gasteiger partial charge in [0, 0.05) is 29.9 Å². The largest absolute Gasteiger partial charge is 0.334 e. The molecule has 26 heavy (non-hydrogen) atoms. The van der Waals surface area contributed by atoms with Gasteiger partial charge in [-0.05, 0) is 64.0 Å². The van der Waals surface area contributed by atoms with E-state index in [1.807, 2.05) is 17.5 Å². The first kappa shape index (κ1) is 16.9. The van der Waals surface area contributed by atoms with Gasteiger partial charge in [-0.15, -0.1) is 11.3 Å². The number of thiazole rings is 1. The van der Waals surface area contributed by atoms with Gasteiger partial charge in [-0.2, -0.15) is 0 Å². The Kier molecular flexibility index (Phi) is 4.38. The minimum Gasteiger partial charge on any atom is -0.334 e. The number of imidazole rings is 1. The van der Waals surface area contributed by atoms with Gasteiger partial charge in [0.25, 0.3) is 0 Å². The lowest BCUT2D eigenvalue weighted by molar-refractivity contribution is 0.182. The van der Waals surface area contributed by atoms with E-state index >= 15 is 0 Å². The third-order valence-electron chi connectivity index (χ3n) is 6.65. The van der Waals surface area contributed by atoms with E-state index in [4.69, 9.17) is 4.98 Å². The highest BCUT2D eigenvalue weighted by molar-refractivity contribution is 7.11. The molecule has 5 rings (SSSR count). The van der Waals surface area contributed by atoms with Crippen molar-refractivity contribution in [2.45, 2.75) is 71.1 Å². The summed E-state index contributed by atoms with van der Waals surface area (Å²) in [5, 5.41) is 4.85. The summed E-state index contributed by atoms with van der Waals surface area (Å²) in [4.78, 5) is 13.9. The molecule has 1 spiro atoms. The van der Waals surface area contributed by atoms with Crippen molar-refractivity contribution in [1.29, 1.82) is 0 Å². The third-order valence-corrected chi connectivity index (χ3v) is 7.79. The second-order valence-corrected chi connectivity index (χ2v) is 9.37. The third kappa shape index (κ3) is 3.02. The van der Waals surface area contributed by atoms with Gasteiger partial charge < -0.3 is 9.88 Å². The van der Waals surface area contributed by atoms with Crippen molar-refractivity contribution >= 4 is 11.3 Å². The summed E-state index contributed by atoms with van der Waals surface area (Å²) in [6, 6.07) is 0.699. The fraction of sp³-hybridized carbons (Fsp3) is 0.700. The molecule has 0 bridgehead atoms. The van der Waals surface area contributed by atoms with Crippen LogP contribution in [-0.4, -0.2) is 38.6 Å². The minimum atomic E-state index is 0.550. The van der Waals surface area contributed by atoms with Crippen LogP contribution in [0, 0.1) is 5.41 Å². The molecule has 1 saturated carbocycles. The molecule has 1 unspecified atom stereocenters. The zero-order valence-electron chi connectivity index (χ0n) is 15.7. The Morgan fingerprint density at radius 2 is 2.19 bits per heavy atom. The van der Waals surface area contributed by atoms with Gasteiger partial charge in [0.05, 0.1) is 18.8 Å². The summed E-state index contributed by atoms with van der Waals surface area (Å²) >= 11 is 1.96. The second-order valence-electron chi connectivity index (χ2n) is 8.20. The number of aryl methyl sites for hydroxylation is 3. The second kappa shape index (κ2) is 6.73. The lowest BCUT2D eigenvalue weighted by atomic mass is 9.93. The van der Waals surface area contributed by atoms with E-state index in [0.29, 0.717) is 11.5 Å². The Morgan fingerprint density at radius 1 is 1.31 bits per heavy atom. The Balaban J connectivity index is 1.37. The lowest BCUT2D eigenvalue weighted by Gasteiger charge is -2.29. The summed E-state index contributed by atoms with van der Waals surface area (Å²) < 4.78 is 2.28. The average Bonchev–Trinajstić information content (AvgIpc) is 3.05. The molecule has 2 fully saturated rings. The molecule has 5 nitrogen and oxygen atoms in total. The van der Waals surface area contributed by atoms with E-state index in [0.717, 1.165) is 19.6 Å². The van der Waals surface area contributed by atoms with Gasteiger partial charge in [0.15, 0.2) is 0 Å². The topological polar surface area (TPSA) is 46.0 Å². The molecule has 0 aromatic carbocycles. The molecule has 1 N–H and O–H groups in total. The zero-order valence-corrected chi connectivity index (χ0v) is 16.5. The van der Waals surface area contributed by atoms with E-state index in [-0.39, 0.29) is 0 Å². The predicted octanol–water partition coefficient (Wildman–Crippen LogP) is 2.99. The molecule has 2 aromatic heterocycles. The fourth-order valence-corrected chi connectivity index (χ4v) is 6.21. The van der Waals surface area contributed by atoms with Crippen molar-refractivity contribution < 1.29 is 0 Å². The Morgan fingerprint density at radius 3 is 3.00 bits per heavy atom. The van der Waals surface area contributed by atoms with Crippen LogP contribution in [0.4, 0.5) is 0 Å². The van der Waals surface area contributed by atoms with E-state index in [1.54, 1.807) is 4.88 Å². The number of hydrogen-bond acceptors (Lipinski definition) is 5. The first-order valence-corrected chi connectivity index (χ1v) is 11.0. The standard InChI is InChI=1S/C20H29N5S/c1-2-24-11-10-22-18(24)13-25(17-12-20(17)6-8-21-9-7-20)14-19-23-15-4-3-5-16(15)26-19/h10-11,17,21H,2-9,12-14H2,1H3. The molecule has 6 heteroatoms. The molecule has 0 amide bonds. The maximum atomic E-state index is 4.98. The first-order chi connectivity index (χ1) is 12.8. The number of aromatic nitrogens is 3. The maximum absolute atomic E-state index is 4.98. The Bertz CT molecular complexity index is 752. The summed E-state index contributed by atoms with van der Waals surface area (Å²) in [6.07, 6.45) is 11.8. The van der Waals surface area contributed by atoms with Crippen LogP contribution in [0.25, 0.3) is 0 Å². The molecule has 140 valence electrons. The number of piperidine rings is 1. The summed E-state index contributed by atoms with van der Waals surface area (Å²) in [7, 11) is 0. The highest BCUT2D eigenvalue weighted by atomic mass is 32.1. The summed E-state index contributed by atoms with van der Waals surface area (Å²) in [5.74, 6) is 1.20. The van der Waals surface area contributed by atoms with Crippen LogP contribution in [0.2, 0.25) is 0 Å². The predicted molar refractivity (Wildman–Crippen MR) is 104 cm³/mol. The highest BCUT2D eigenvalue weighted by Gasteiger charge is 2.56. The van der Waals surface area contributed by atoms with Crippen LogP contribution in [0.15, 0.2) is 12.4 Å². The van der Waals surface area contributed by atoms with Crippen LogP contribution < -0.4 is 5.32 Å². The van der Waals surface area contributed by atoms with Gasteiger partial charge in [0.1, 0.15) is 10.8 Å². The molecule has 2 aliphatic carbocycles. The molecule has 3 heterocycles. The van der Waals surface area contributed by atoms with Crippen LogP contribution in [-0.2, 0) is 32.5 Å². The quantitative estimate of drug-likeness (QED) is 0.848. The van der Waals surface area contributed by atoms with Crippen molar-refractivity contribution in [3.05, 3.63) is 33.8 Å². The molecule has 3 aliphatic rings. The molecule has 1 atom stereocenters. The molecule has 2 aromatic rings. The monoisotopic (exact) mass is 371 g/mol. The van der Waals surface area contributed by atoms with E-state index < -0.39 is 0 Å². The molecule has 0 radical (unpaired) electrons. The number of nitrogens with zero attached hydrogens (tertiary/aromatic N) is 4. The highest BCUT2D eigenvalue weighted by Crippen LogP contribution is 2.56. The average molecular weight is 372 g/mol. The number of hydrogen-bond donors (Lipinski definition) is 1. The Labute approximate surface area is 159 Å². The van der Waals surface area contributed by atoms with Crippen molar-refractivity contribution in [3.8, 4) is 0 Å². The smallest absolute Gasteiger partial charge is 0.122 e. The molecular formula is C20H29N5S.